The Morgan fingerprint density at radius 3 is 2.52 bits per heavy atom. The average Bonchev–Trinajstić information content (AvgIpc) is 2.41. The van der Waals surface area contributed by atoms with Crippen LogP contribution in [0.5, 0.6) is 5.75 Å². The lowest BCUT2D eigenvalue weighted by Gasteiger charge is -2.24. The minimum atomic E-state index is 0.135. The van der Waals surface area contributed by atoms with Gasteiger partial charge in [-0.1, -0.05) is 19.1 Å². The average molecular weight is 292 g/mol. The molecule has 0 unspecified atom stereocenters. The lowest BCUT2D eigenvalue weighted by molar-refractivity contribution is 0.183. The van der Waals surface area contributed by atoms with Gasteiger partial charge in [-0.25, -0.2) is 0 Å². The van der Waals surface area contributed by atoms with E-state index in [0.29, 0.717) is 6.04 Å². The van der Waals surface area contributed by atoms with Crippen LogP contribution in [0.4, 0.5) is 0 Å². The summed E-state index contributed by atoms with van der Waals surface area (Å²) < 4.78 is 5.89. The topological polar surface area (TPSA) is 24.5 Å². The zero-order chi connectivity index (χ0) is 15.9. The molecule has 120 valence electrons. The Morgan fingerprint density at radius 2 is 1.95 bits per heavy atom. The summed E-state index contributed by atoms with van der Waals surface area (Å²) >= 11 is 0. The molecular weight excluding hydrogens is 260 g/mol. The van der Waals surface area contributed by atoms with E-state index < -0.39 is 0 Å². The summed E-state index contributed by atoms with van der Waals surface area (Å²) in [5.41, 5.74) is 1.40. The van der Waals surface area contributed by atoms with Crippen molar-refractivity contribution in [1.29, 1.82) is 0 Å². The summed E-state index contributed by atoms with van der Waals surface area (Å²) in [6.45, 7) is 16.8. The summed E-state index contributed by atoms with van der Waals surface area (Å²) in [6, 6.07) is 8.94. The van der Waals surface area contributed by atoms with Crippen LogP contribution in [0.3, 0.4) is 0 Å². The van der Waals surface area contributed by atoms with Crippen LogP contribution in [0.1, 0.15) is 47.1 Å². The molecular formula is C18H32N2O. The molecule has 1 N–H and O–H groups in total. The van der Waals surface area contributed by atoms with Crippen molar-refractivity contribution in [3.05, 3.63) is 29.8 Å². The van der Waals surface area contributed by atoms with Crippen LogP contribution in [-0.2, 0) is 6.54 Å². The first-order valence-corrected chi connectivity index (χ1v) is 8.02. The summed E-state index contributed by atoms with van der Waals surface area (Å²) in [5.74, 6) is 0.961. The first-order chi connectivity index (χ1) is 9.81. The molecule has 0 saturated heterocycles. The molecule has 0 radical (unpaired) electrons. The standard InChI is InChI=1S/C18H32N2O/c1-7-20(15(2)3)11-12-21-17-10-8-9-16(13-17)14-19-18(4,5)6/h8-10,13,15,19H,7,11-12,14H2,1-6H3. The van der Waals surface area contributed by atoms with E-state index in [9.17, 15) is 0 Å². The Balaban J connectivity index is 2.45. The molecule has 0 heterocycles. The second-order valence-corrected chi connectivity index (χ2v) is 6.82. The van der Waals surface area contributed by atoms with Crippen molar-refractivity contribution in [2.75, 3.05) is 19.7 Å². The number of hydrogen-bond donors (Lipinski definition) is 1. The fraction of sp³-hybridized carbons (Fsp3) is 0.667. The fourth-order valence-electron chi connectivity index (χ4n) is 2.17. The molecule has 21 heavy (non-hydrogen) atoms. The molecule has 1 aromatic carbocycles. The molecule has 0 amide bonds. The predicted octanol–water partition coefficient (Wildman–Crippen LogP) is 3.68. The molecule has 1 aromatic rings. The number of hydrogen-bond acceptors (Lipinski definition) is 3. The maximum Gasteiger partial charge on any atom is 0.119 e. The molecule has 3 heteroatoms. The maximum absolute atomic E-state index is 5.89. The molecule has 0 aliphatic carbocycles. The van der Waals surface area contributed by atoms with Crippen LogP contribution >= 0.6 is 0 Å². The van der Waals surface area contributed by atoms with E-state index in [1.807, 2.05) is 6.07 Å². The number of nitrogens with one attached hydrogen (secondary N) is 1. The van der Waals surface area contributed by atoms with Gasteiger partial charge in [0.25, 0.3) is 0 Å². The molecule has 1 rings (SSSR count). The van der Waals surface area contributed by atoms with Crippen LogP contribution in [0, 0.1) is 0 Å². The molecule has 0 aromatic heterocycles. The summed E-state index contributed by atoms with van der Waals surface area (Å²) in [4.78, 5) is 2.41. The zero-order valence-electron chi connectivity index (χ0n) is 14.6. The van der Waals surface area contributed by atoms with E-state index in [2.05, 4.69) is 70.0 Å². The van der Waals surface area contributed by atoms with Gasteiger partial charge in [0.1, 0.15) is 12.4 Å². The van der Waals surface area contributed by atoms with Crippen molar-refractivity contribution >= 4 is 0 Å². The van der Waals surface area contributed by atoms with Gasteiger partial charge >= 0.3 is 0 Å². The number of ether oxygens (including phenoxy) is 1. The number of benzene rings is 1. The Labute approximate surface area is 130 Å². The first-order valence-electron chi connectivity index (χ1n) is 8.02. The van der Waals surface area contributed by atoms with Gasteiger partial charge in [-0.2, -0.15) is 0 Å². The van der Waals surface area contributed by atoms with Crippen LogP contribution in [-0.4, -0.2) is 36.2 Å². The first kappa shape index (κ1) is 18.0. The maximum atomic E-state index is 5.89. The smallest absolute Gasteiger partial charge is 0.119 e. The number of nitrogens with zero attached hydrogens (tertiary/aromatic N) is 1. The van der Waals surface area contributed by atoms with Crippen molar-refractivity contribution < 1.29 is 4.74 Å². The number of likely N-dealkylation sites (N-methyl/N-ethyl adjacent to an activating group) is 1. The van der Waals surface area contributed by atoms with Crippen LogP contribution < -0.4 is 10.1 Å². The molecule has 0 saturated carbocycles. The summed E-state index contributed by atoms with van der Waals surface area (Å²) in [7, 11) is 0. The Morgan fingerprint density at radius 1 is 1.24 bits per heavy atom. The molecule has 0 bridgehead atoms. The summed E-state index contributed by atoms with van der Waals surface area (Å²) in [5, 5.41) is 3.50. The van der Waals surface area contributed by atoms with Crippen LogP contribution in [0.2, 0.25) is 0 Å². The Hall–Kier alpha value is -1.06. The largest absolute Gasteiger partial charge is 0.492 e. The van der Waals surface area contributed by atoms with Gasteiger partial charge in [0, 0.05) is 24.7 Å². The van der Waals surface area contributed by atoms with Crippen molar-refractivity contribution in [2.24, 2.45) is 0 Å². The second-order valence-electron chi connectivity index (χ2n) is 6.82. The third kappa shape index (κ3) is 7.49. The SMILES string of the molecule is CCN(CCOc1cccc(CNC(C)(C)C)c1)C(C)C. The van der Waals surface area contributed by atoms with Crippen LogP contribution in [0.25, 0.3) is 0 Å². The zero-order valence-corrected chi connectivity index (χ0v) is 14.6. The van der Waals surface area contributed by atoms with E-state index in [0.717, 1.165) is 32.0 Å². The van der Waals surface area contributed by atoms with Gasteiger partial charge in [0.2, 0.25) is 0 Å². The van der Waals surface area contributed by atoms with Gasteiger partial charge in [-0.3, -0.25) is 4.90 Å². The highest BCUT2D eigenvalue weighted by Gasteiger charge is 2.09. The molecule has 0 spiro atoms. The lowest BCUT2D eigenvalue weighted by Crippen LogP contribution is -2.35. The monoisotopic (exact) mass is 292 g/mol. The van der Waals surface area contributed by atoms with Crippen molar-refractivity contribution in [3.8, 4) is 5.75 Å². The highest BCUT2D eigenvalue weighted by Crippen LogP contribution is 2.14. The molecule has 3 nitrogen and oxygen atoms in total. The van der Waals surface area contributed by atoms with Crippen molar-refractivity contribution in [1.82, 2.24) is 10.2 Å². The van der Waals surface area contributed by atoms with Gasteiger partial charge < -0.3 is 10.1 Å². The van der Waals surface area contributed by atoms with Crippen molar-refractivity contribution in [3.63, 3.8) is 0 Å². The highest BCUT2D eigenvalue weighted by molar-refractivity contribution is 5.28. The third-order valence-corrected chi connectivity index (χ3v) is 3.50. The molecule has 0 aliphatic heterocycles. The highest BCUT2D eigenvalue weighted by atomic mass is 16.5. The quantitative estimate of drug-likeness (QED) is 0.791. The molecule has 0 aliphatic rings. The summed E-state index contributed by atoms with van der Waals surface area (Å²) in [6.07, 6.45) is 0. The normalized spacial score (nSPS) is 12.2. The van der Waals surface area contributed by atoms with Gasteiger partial charge in [0.05, 0.1) is 0 Å². The van der Waals surface area contributed by atoms with E-state index in [-0.39, 0.29) is 5.54 Å². The lowest BCUT2D eigenvalue weighted by atomic mass is 10.1. The minimum Gasteiger partial charge on any atom is -0.492 e. The van der Waals surface area contributed by atoms with E-state index in [1.54, 1.807) is 0 Å². The van der Waals surface area contributed by atoms with Crippen molar-refractivity contribution in [2.45, 2.75) is 59.7 Å². The van der Waals surface area contributed by atoms with E-state index in [1.165, 1.54) is 5.56 Å². The predicted molar refractivity (Wildman–Crippen MR) is 90.9 cm³/mol. The molecule has 0 fully saturated rings. The van der Waals surface area contributed by atoms with Gasteiger partial charge in [-0.15, -0.1) is 0 Å². The molecule has 0 atom stereocenters. The van der Waals surface area contributed by atoms with Gasteiger partial charge in [0.15, 0.2) is 0 Å². The Bertz CT molecular complexity index is 410. The minimum absolute atomic E-state index is 0.135. The Kier molecular flexibility index (Phi) is 7.20. The van der Waals surface area contributed by atoms with Crippen LogP contribution in [0.15, 0.2) is 24.3 Å². The van der Waals surface area contributed by atoms with E-state index >= 15 is 0 Å². The van der Waals surface area contributed by atoms with E-state index in [4.69, 9.17) is 4.74 Å². The second kappa shape index (κ2) is 8.40. The fourth-order valence-corrected chi connectivity index (χ4v) is 2.17. The van der Waals surface area contributed by atoms with Gasteiger partial charge in [-0.05, 0) is 58.9 Å². The third-order valence-electron chi connectivity index (χ3n) is 3.50. The number of rotatable bonds is 8.